The summed E-state index contributed by atoms with van der Waals surface area (Å²) in [4.78, 5) is 17.3. The Kier molecular flexibility index (Phi) is 7.99. The number of hydrogen-bond donors (Lipinski definition) is 0. The summed E-state index contributed by atoms with van der Waals surface area (Å²) in [5.74, 6) is -0.280. The van der Waals surface area contributed by atoms with Crippen LogP contribution in [0.1, 0.15) is 24.0 Å². The largest absolute Gasteiger partial charge is 0.368 e. The van der Waals surface area contributed by atoms with Gasteiger partial charge in [-0.05, 0) is 49.6 Å². The minimum atomic E-state index is -3.58. The van der Waals surface area contributed by atoms with Crippen molar-refractivity contribution in [3.05, 3.63) is 62.6 Å². The Morgan fingerprint density at radius 1 is 0.941 bits per heavy atom. The van der Waals surface area contributed by atoms with Gasteiger partial charge in [0.15, 0.2) is 0 Å². The van der Waals surface area contributed by atoms with E-state index in [4.69, 9.17) is 34.8 Å². The van der Waals surface area contributed by atoms with Crippen molar-refractivity contribution >= 4 is 56.4 Å². The first kappa shape index (κ1) is 25.6. The van der Waals surface area contributed by atoms with E-state index in [1.165, 1.54) is 4.31 Å². The summed E-state index contributed by atoms with van der Waals surface area (Å²) in [6.07, 6.45) is 1.03. The van der Waals surface area contributed by atoms with Crippen LogP contribution in [0.3, 0.4) is 0 Å². The van der Waals surface area contributed by atoms with Crippen LogP contribution in [0.4, 0.5) is 5.69 Å². The summed E-state index contributed by atoms with van der Waals surface area (Å²) in [6.45, 7) is 5.50. The molecule has 0 bridgehead atoms. The third kappa shape index (κ3) is 5.65. The third-order valence-corrected chi connectivity index (χ3v) is 9.44. The fraction of sp³-hybridized carbons (Fsp3) is 0.458. The molecule has 4 rings (SSSR count). The van der Waals surface area contributed by atoms with Crippen molar-refractivity contribution in [2.75, 3.05) is 44.2 Å². The second-order valence-electron chi connectivity index (χ2n) is 8.87. The molecule has 0 N–H and O–H groups in total. The van der Waals surface area contributed by atoms with Crippen molar-refractivity contribution in [3.8, 4) is 0 Å². The summed E-state index contributed by atoms with van der Waals surface area (Å²) in [6, 6.07) is 10.8. The SMILES string of the molecule is Cc1ccc(Cl)cc1N1CCN(C(=O)C2CCN(S(=O)(=O)Cc3c(Cl)cccc3Cl)CC2)CC1. The van der Waals surface area contributed by atoms with Crippen LogP contribution in [0.2, 0.25) is 15.1 Å². The average molecular weight is 545 g/mol. The van der Waals surface area contributed by atoms with Crippen LogP contribution in [0.5, 0.6) is 0 Å². The Hall–Kier alpha value is -1.51. The van der Waals surface area contributed by atoms with Gasteiger partial charge in [0.1, 0.15) is 0 Å². The predicted octanol–water partition coefficient (Wildman–Crippen LogP) is 4.85. The number of aryl methyl sites for hydroxylation is 1. The molecule has 2 fully saturated rings. The first-order valence-corrected chi connectivity index (χ1v) is 14.1. The van der Waals surface area contributed by atoms with Gasteiger partial charge in [0.2, 0.25) is 15.9 Å². The highest BCUT2D eigenvalue weighted by atomic mass is 35.5. The molecule has 34 heavy (non-hydrogen) atoms. The third-order valence-electron chi connectivity index (χ3n) is 6.69. The number of benzene rings is 2. The molecule has 2 aromatic carbocycles. The predicted molar refractivity (Wildman–Crippen MR) is 138 cm³/mol. The van der Waals surface area contributed by atoms with Crippen molar-refractivity contribution in [2.24, 2.45) is 5.92 Å². The van der Waals surface area contributed by atoms with Crippen LogP contribution in [0.15, 0.2) is 36.4 Å². The number of nitrogens with zero attached hydrogens (tertiary/aromatic N) is 3. The van der Waals surface area contributed by atoms with Gasteiger partial charge in [-0.25, -0.2) is 12.7 Å². The molecular formula is C24H28Cl3N3O3S. The quantitative estimate of drug-likeness (QED) is 0.540. The van der Waals surface area contributed by atoms with Crippen molar-refractivity contribution < 1.29 is 13.2 Å². The van der Waals surface area contributed by atoms with E-state index >= 15 is 0 Å². The second-order valence-corrected chi connectivity index (χ2v) is 12.1. The maximum Gasteiger partial charge on any atom is 0.225 e. The number of hydrogen-bond acceptors (Lipinski definition) is 4. The van der Waals surface area contributed by atoms with E-state index in [0.717, 1.165) is 24.3 Å². The van der Waals surface area contributed by atoms with Gasteiger partial charge in [-0.1, -0.05) is 46.9 Å². The molecule has 1 amide bonds. The number of piperazine rings is 1. The molecule has 2 heterocycles. The Balaban J connectivity index is 1.31. The van der Waals surface area contributed by atoms with Gasteiger partial charge in [0.05, 0.1) is 5.75 Å². The van der Waals surface area contributed by atoms with Crippen LogP contribution in [0.25, 0.3) is 0 Å². The molecule has 6 nitrogen and oxygen atoms in total. The number of rotatable bonds is 5. The van der Waals surface area contributed by atoms with Crippen molar-refractivity contribution in [3.63, 3.8) is 0 Å². The average Bonchev–Trinajstić information content (AvgIpc) is 2.83. The lowest BCUT2D eigenvalue weighted by Crippen LogP contribution is -2.52. The van der Waals surface area contributed by atoms with Gasteiger partial charge >= 0.3 is 0 Å². The maximum atomic E-state index is 13.1. The van der Waals surface area contributed by atoms with Crippen molar-refractivity contribution in [2.45, 2.75) is 25.5 Å². The lowest BCUT2D eigenvalue weighted by Gasteiger charge is -2.39. The zero-order chi connectivity index (χ0) is 24.5. The monoisotopic (exact) mass is 543 g/mol. The van der Waals surface area contributed by atoms with Gasteiger partial charge in [-0.3, -0.25) is 4.79 Å². The number of piperidine rings is 1. The highest BCUT2D eigenvalue weighted by Gasteiger charge is 2.34. The number of carbonyl (C=O) groups excluding carboxylic acids is 1. The molecule has 0 aliphatic carbocycles. The molecule has 2 aliphatic rings. The minimum Gasteiger partial charge on any atom is -0.368 e. The highest BCUT2D eigenvalue weighted by molar-refractivity contribution is 7.88. The van der Waals surface area contributed by atoms with Crippen LogP contribution < -0.4 is 4.90 Å². The number of amides is 1. The fourth-order valence-corrected chi connectivity index (χ4v) is 7.16. The normalized spacial score (nSPS) is 18.4. The molecule has 0 spiro atoms. The molecule has 184 valence electrons. The van der Waals surface area contributed by atoms with Crippen LogP contribution in [-0.2, 0) is 20.6 Å². The minimum absolute atomic E-state index is 0.119. The molecule has 2 saturated heterocycles. The van der Waals surface area contributed by atoms with E-state index in [-0.39, 0.29) is 17.6 Å². The number of halogens is 3. The van der Waals surface area contributed by atoms with E-state index in [9.17, 15) is 13.2 Å². The smallest absolute Gasteiger partial charge is 0.225 e. The summed E-state index contributed by atoms with van der Waals surface area (Å²) in [5.41, 5.74) is 2.68. The van der Waals surface area contributed by atoms with Gasteiger partial charge in [-0.15, -0.1) is 0 Å². The first-order chi connectivity index (χ1) is 16.2. The summed E-state index contributed by atoms with van der Waals surface area (Å²) >= 11 is 18.5. The summed E-state index contributed by atoms with van der Waals surface area (Å²) in [7, 11) is -3.58. The van der Waals surface area contributed by atoms with Gasteiger partial charge < -0.3 is 9.80 Å². The topological polar surface area (TPSA) is 60.9 Å². The van der Waals surface area contributed by atoms with Crippen LogP contribution in [0, 0.1) is 12.8 Å². The maximum absolute atomic E-state index is 13.1. The zero-order valence-electron chi connectivity index (χ0n) is 19.0. The summed E-state index contributed by atoms with van der Waals surface area (Å²) < 4.78 is 27.4. The molecule has 10 heteroatoms. The van der Waals surface area contributed by atoms with Crippen molar-refractivity contribution in [1.82, 2.24) is 9.21 Å². The Bertz CT molecular complexity index is 1140. The highest BCUT2D eigenvalue weighted by Crippen LogP contribution is 2.30. The van der Waals surface area contributed by atoms with Crippen LogP contribution >= 0.6 is 34.8 Å². The zero-order valence-corrected chi connectivity index (χ0v) is 22.1. The van der Waals surface area contributed by atoms with E-state index in [1.54, 1.807) is 18.2 Å². The van der Waals surface area contributed by atoms with Crippen LogP contribution in [-0.4, -0.2) is 62.8 Å². The molecule has 0 unspecified atom stereocenters. The lowest BCUT2D eigenvalue weighted by atomic mass is 9.96. The summed E-state index contributed by atoms with van der Waals surface area (Å²) in [5, 5.41) is 1.39. The lowest BCUT2D eigenvalue weighted by molar-refractivity contribution is -0.137. The standard InChI is InChI=1S/C24H28Cl3N3O3S/c1-17-5-6-19(25)15-23(17)28-11-13-29(14-12-28)24(31)18-7-9-30(10-8-18)34(32,33)16-20-21(26)3-2-4-22(20)27/h2-6,15,18H,7-14,16H2,1H3. The van der Waals surface area contributed by atoms with Gasteiger partial charge in [-0.2, -0.15) is 0 Å². The van der Waals surface area contributed by atoms with Gasteiger partial charge in [0.25, 0.3) is 0 Å². The van der Waals surface area contributed by atoms with E-state index in [0.29, 0.717) is 59.7 Å². The Morgan fingerprint density at radius 2 is 1.56 bits per heavy atom. The Morgan fingerprint density at radius 3 is 2.18 bits per heavy atom. The molecular weight excluding hydrogens is 517 g/mol. The molecule has 0 aromatic heterocycles. The Labute approximate surface area is 216 Å². The number of anilines is 1. The molecule has 0 saturated carbocycles. The molecule has 2 aliphatic heterocycles. The first-order valence-electron chi connectivity index (χ1n) is 11.4. The molecule has 0 radical (unpaired) electrons. The fourth-order valence-electron chi connectivity index (χ4n) is 4.67. The van der Waals surface area contributed by atoms with E-state index in [1.807, 2.05) is 23.1 Å². The van der Waals surface area contributed by atoms with Gasteiger partial charge in [0, 0.05) is 71.5 Å². The van der Waals surface area contributed by atoms with E-state index < -0.39 is 10.0 Å². The van der Waals surface area contributed by atoms with Crippen molar-refractivity contribution in [1.29, 1.82) is 0 Å². The number of carbonyl (C=O) groups is 1. The molecule has 0 atom stereocenters. The molecule has 2 aromatic rings. The van der Waals surface area contributed by atoms with E-state index in [2.05, 4.69) is 11.8 Å². The number of sulfonamides is 1. The second kappa shape index (κ2) is 10.6.